The summed E-state index contributed by atoms with van der Waals surface area (Å²) in [6.45, 7) is 0.426. The number of halogens is 2. The number of carbonyl (C=O) groups is 1. The van der Waals surface area contributed by atoms with Gasteiger partial charge in [-0.2, -0.15) is 5.10 Å². The summed E-state index contributed by atoms with van der Waals surface area (Å²) in [4.78, 5) is 17.9. The number of pyridine rings is 1. The van der Waals surface area contributed by atoms with Crippen molar-refractivity contribution in [3.05, 3.63) is 69.7 Å². The van der Waals surface area contributed by atoms with Gasteiger partial charge in [0.2, 0.25) is 0 Å². The second-order valence-electron chi connectivity index (χ2n) is 7.11. The van der Waals surface area contributed by atoms with Crippen LogP contribution in [0.1, 0.15) is 15.9 Å². The maximum absolute atomic E-state index is 13.4. The monoisotopic (exact) mass is 454 g/mol. The molecule has 1 aliphatic rings. The largest absolute Gasteiger partial charge is 0.488 e. The average molecular weight is 455 g/mol. The Balaban J connectivity index is 1.60. The second-order valence-corrected chi connectivity index (χ2v) is 7.90. The van der Waals surface area contributed by atoms with E-state index in [1.54, 1.807) is 42.9 Å². The van der Waals surface area contributed by atoms with Gasteiger partial charge in [-0.3, -0.25) is 14.9 Å². The lowest BCUT2D eigenvalue weighted by molar-refractivity contribution is 0.102. The fraction of sp³-hybridized carbons (Fsp3) is 0.136. The zero-order chi connectivity index (χ0) is 21.5. The van der Waals surface area contributed by atoms with E-state index in [-0.39, 0.29) is 19.0 Å². The van der Waals surface area contributed by atoms with Crippen LogP contribution in [0.5, 0.6) is 5.75 Å². The van der Waals surface area contributed by atoms with Gasteiger partial charge in [-0.05, 0) is 30.3 Å². The predicted octanol–water partition coefficient (Wildman–Crippen LogP) is 4.38. The Kier molecular flexibility index (Phi) is 5.02. The molecule has 156 valence electrons. The molecule has 0 spiro atoms. The third-order valence-corrected chi connectivity index (χ3v) is 5.72. The number of ketones is 1. The van der Waals surface area contributed by atoms with E-state index in [9.17, 15) is 9.90 Å². The number of rotatable bonds is 5. The number of nitrogens with zero attached hydrogens (tertiary/aromatic N) is 3. The Morgan fingerprint density at radius 2 is 2.16 bits per heavy atom. The lowest BCUT2D eigenvalue weighted by Crippen LogP contribution is -2.15. The molecule has 0 amide bonds. The molecule has 31 heavy (non-hydrogen) atoms. The van der Waals surface area contributed by atoms with Crippen molar-refractivity contribution in [2.75, 3.05) is 13.2 Å². The number of ether oxygens (including phenoxy) is 1. The van der Waals surface area contributed by atoms with Crippen molar-refractivity contribution in [3.8, 4) is 17.0 Å². The summed E-state index contributed by atoms with van der Waals surface area (Å²) in [6, 6.07) is 7.13. The molecule has 0 radical (unpaired) electrons. The minimum Gasteiger partial charge on any atom is -0.488 e. The first-order valence-corrected chi connectivity index (χ1v) is 10.3. The molecule has 1 aliphatic heterocycles. The molecule has 0 atom stereocenters. The number of Topliss-reactive ketones (excluding diaryl/α,β-unsaturated/α-hetero) is 1. The van der Waals surface area contributed by atoms with Crippen molar-refractivity contribution in [3.63, 3.8) is 0 Å². The van der Waals surface area contributed by atoms with E-state index in [1.807, 2.05) is 10.6 Å². The van der Waals surface area contributed by atoms with E-state index in [2.05, 4.69) is 15.2 Å². The van der Waals surface area contributed by atoms with Gasteiger partial charge in [0, 0.05) is 52.2 Å². The maximum atomic E-state index is 13.4. The predicted molar refractivity (Wildman–Crippen MR) is 119 cm³/mol. The van der Waals surface area contributed by atoms with Gasteiger partial charge < -0.3 is 14.4 Å². The van der Waals surface area contributed by atoms with E-state index in [4.69, 9.17) is 27.9 Å². The third-order valence-electron chi connectivity index (χ3n) is 5.20. The van der Waals surface area contributed by atoms with E-state index >= 15 is 0 Å². The molecular weight excluding hydrogens is 439 g/mol. The van der Waals surface area contributed by atoms with Crippen LogP contribution in [0.4, 0.5) is 0 Å². The van der Waals surface area contributed by atoms with Gasteiger partial charge in [0.25, 0.3) is 0 Å². The molecular formula is C22H16Cl2N4O3. The molecule has 0 saturated heterocycles. The molecule has 0 aliphatic carbocycles. The van der Waals surface area contributed by atoms with Crippen LogP contribution in [0.3, 0.4) is 0 Å². The quantitative estimate of drug-likeness (QED) is 0.436. The SMILES string of the molecule is O=C(C1=Cc2cc(Cl)ccc2OC1)c1cn(CCO)c2cc(-c3c[nH]nc3Cl)ncc12. The number of hydrogen-bond donors (Lipinski definition) is 2. The standard InChI is InChI=1S/C22H16Cl2N4O3/c23-14-1-2-20-12(6-14)5-13(11-31-20)21(30)17-10-28(3-4-29)19-7-18(25-8-15(17)19)16-9-26-27-22(16)24/h1-2,5-10,29H,3-4,11H2,(H,26,27). The van der Waals surface area contributed by atoms with Gasteiger partial charge >= 0.3 is 0 Å². The molecule has 4 heterocycles. The number of aromatic amines is 1. The van der Waals surface area contributed by atoms with Gasteiger partial charge in [0.05, 0.1) is 23.4 Å². The molecule has 7 nitrogen and oxygen atoms in total. The Hall–Kier alpha value is -3.13. The highest BCUT2D eigenvalue weighted by atomic mass is 35.5. The smallest absolute Gasteiger partial charge is 0.194 e. The Morgan fingerprint density at radius 3 is 2.94 bits per heavy atom. The number of aliphatic hydroxyl groups excluding tert-OH is 1. The number of carbonyl (C=O) groups excluding carboxylic acids is 1. The van der Waals surface area contributed by atoms with Crippen LogP contribution >= 0.6 is 23.2 Å². The summed E-state index contributed by atoms with van der Waals surface area (Å²) in [5.74, 6) is 0.523. The average Bonchev–Trinajstić information content (AvgIpc) is 3.36. The molecule has 0 bridgehead atoms. The van der Waals surface area contributed by atoms with Crippen LogP contribution in [0, 0.1) is 0 Å². The van der Waals surface area contributed by atoms with Crippen molar-refractivity contribution in [2.45, 2.75) is 6.54 Å². The highest BCUT2D eigenvalue weighted by molar-refractivity contribution is 6.32. The van der Waals surface area contributed by atoms with Crippen molar-refractivity contribution in [1.29, 1.82) is 0 Å². The molecule has 3 aromatic heterocycles. The summed E-state index contributed by atoms with van der Waals surface area (Å²) in [7, 11) is 0. The fourth-order valence-electron chi connectivity index (χ4n) is 3.71. The minimum absolute atomic E-state index is 0.0702. The third kappa shape index (κ3) is 3.50. The van der Waals surface area contributed by atoms with Gasteiger partial charge in [-0.1, -0.05) is 23.2 Å². The Labute approximate surface area is 186 Å². The zero-order valence-electron chi connectivity index (χ0n) is 16.1. The van der Waals surface area contributed by atoms with Crippen LogP contribution in [-0.2, 0) is 6.54 Å². The Bertz CT molecular complexity index is 1360. The lowest BCUT2D eigenvalue weighted by Gasteiger charge is -2.17. The molecule has 5 rings (SSSR count). The normalized spacial score (nSPS) is 13.1. The van der Waals surface area contributed by atoms with Crippen molar-refractivity contribution in [1.82, 2.24) is 19.7 Å². The molecule has 0 fully saturated rings. The summed E-state index contributed by atoms with van der Waals surface area (Å²) >= 11 is 12.2. The van der Waals surface area contributed by atoms with Crippen molar-refractivity contribution in [2.24, 2.45) is 0 Å². The van der Waals surface area contributed by atoms with Crippen LogP contribution in [-0.4, -0.2) is 43.9 Å². The lowest BCUT2D eigenvalue weighted by atomic mass is 9.99. The Morgan fingerprint density at radius 1 is 1.29 bits per heavy atom. The molecule has 4 aromatic rings. The van der Waals surface area contributed by atoms with Crippen LogP contribution in [0.15, 0.2) is 48.4 Å². The number of hydrogen-bond acceptors (Lipinski definition) is 5. The fourth-order valence-corrected chi connectivity index (χ4v) is 4.09. The van der Waals surface area contributed by atoms with Crippen LogP contribution < -0.4 is 4.74 Å². The van der Waals surface area contributed by atoms with Crippen LogP contribution in [0.25, 0.3) is 28.2 Å². The number of fused-ring (bicyclic) bond motifs is 2. The van der Waals surface area contributed by atoms with Crippen molar-refractivity contribution >= 4 is 46.0 Å². The first-order valence-electron chi connectivity index (χ1n) is 9.52. The molecule has 2 N–H and O–H groups in total. The minimum atomic E-state index is -0.164. The number of benzene rings is 1. The highest BCUT2D eigenvalue weighted by Gasteiger charge is 2.23. The zero-order valence-corrected chi connectivity index (χ0v) is 17.6. The molecule has 0 saturated carbocycles. The molecule has 9 heteroatoms. The summed E-state index contributed by atoms with van der Waals surface area (Å²) in [5.41, 5.74) is 3.80. The summed E-state index contributed by atoms with van der Waals surface area (Å²) in [6.07, 6.45) is 6.84. The molecule has 1 aromatic carbocycles. The van der Waals surface area contributed by atoms with Gasteiger partial charge in [-0.15, -0.1) is 0 Å². The van der Waals surface area contributed by atoms with Gasteiger partial charge in [0.1, 0.15) is 12.4 Å². The summed E-state index contributed by atoms with van der Waals surface area (Å²) < 4.78 is 7.58. The van der Waals surface area contributed by atoms with Crippen molar-refractivity contribution < 1.29 is 14.6 Å². The maximum Gasteiger partial charge on any atom is 0.194 e. The van der Waals surface area contributed by atoms with E-state index in [1.165, 1.54) is 0 Å². The number of H-pyrrole nitrogens is 1. The van der Waals surface area contributed by atoms with E-state index < -0.39 is 0 Å². The highest BCUT2D eigenvalue weighted by Crippen LogP contribution is 2.33. The van der Waals surface area contributed by atoms with Gasteiger partial charge in [-0.25, -0.2) is 0 Å². The molecule has 0 unspecified atom stereocenters. The topological polar surface area (TPSA) is 93.0 Å². The van der Waals surface area contributed by atoms with E-state index in [0.29, 0.717) is 50.3 Å². The number of nitrogens with one attached hydrogen (secondary N) is 1. The summed E-state index contributed by atoms with van der Waals surface area (Å²) in [5, 5.41) is 17.7. The van der Waals surface area contributed by atoms with Crippen LogP contribution in [0.2, 0.25) is 10.2 Å². The first kappa shape index (κ1) is 19.8. The van der Waals surface area contributed by atoms with E-state index in [0.717, 1.165) is 11.1 Å². The second kappa shape index (κ2) is 7.85. The number of aromatic nitrogens is 4. The van der Waals surface area contributed by atoms with Gasteiger partial charge in [0.15, 0.2) is 10.9 Å². The first-order chi connectivity index (χ1) is 15.0. The number of aliphatic hydroxyl groups is 1.